The number of aliphatic carboxylic acids is 1. The van der Waals surface area contributed by atoms with Gasteiger partial charge in [0, 0.05) is 5.92 Å². The molecule has 4 nitrogen and oxygen atoms in total. The number of amides is 1. The topological polar surface area (TPSA) is 66.4 Å². The van der Waals surface area contributed by atoms with E-state index in [0.717, 1.165) is 0 Å². The molecule has 102 valence electrons. The van der Waals surface area contributed by atoms with Crippen molar-refractivity contribution in [3.8, 4) is 0 Å². The Balaban J connectivity index is 4.69. The molecule has 0 heterocycles. The molecule has 18 heavy (non-hydrogen) atoms. The van der Waals surface area contributed by atoms with Crippen molar-refractivity contribution in [3.05, 3.63) is 25.3 Å². The Bertz CT molecular complexity index is 302. The average Bonchev–Trinajstić information content (AvgIpc) is 2.34. The number of carbonyl (C=O) groups excluding carboxylic acids is 1. The van der Waals surface area contributed by atoms with Crippen LogP contribution in [0.15, 0.2) is 25.3 Å². The third kappa shape index (κ3) is 5.17. The maximum atomic E-state index is 12.0. The lowest BCUT2D eigenvalue weighted by Gasteiger charge is -2.22. The van der Waals surface area contributed by atoms with Gasteiger partial charge in [-0.25, -0.2) is 4.79 Å². The molecule has 0 radical (unpaired) electrons. The summed E-state index contributed by atoms with van der Waals surface area (Å²) >= 11 is 0. The van der Waals surface area contributed by atoms with E-state index in [9.17, 15) is 9.59 Å². The Morgan fingerprint density at radius 2 is 1.78 bits per heavy atom. The maximum Gasteiger partial charge on any atom is 0.326 e. The molecule has 0 aliphatic carbocycles. The number of carboxylic acid groups (broad SMARTS) is 1. The first-order valence-corrected chi connectivity index (χ1v) is 6.22. The van der Waals surface area contributed by atoms with Crippen LogP contribution in [0.1, 0.15) is 33.1 Å². The highest BCUT2D eigenvalue weighted by molar-refractivity contribution is 5.85. The van der Waals surface area contributed by atoms with Crippen LogP contribution in [0, 0.1) is 11.8 Å². The molecule has 0 aromatic rings. The Morgan fingerprint density at radius 1 is 1.28 bits per heavy atom. The molecule has 2 N–H and O–H groups in total. The lowest BCUT2D eigenvalue weighted by Crippen LogP contribution is -2.47. The van der Waals surface area contributed by atoms with Gasteiger partial charge in [0.15, 0.2) is 0 Å². The molecular weight excluding hydrogens is 230 g/mol. The van der Waals surface area contributed by atoms with Crippen molar-refractivity contribution in [2.75, 3.05) is 0 Å². The summed E-state index contributed by atoms with van der Waals surface area (Å²) in [4.78, 5) is 23.1. The standard InChI is InChI=1S/C14H23NO3/c1-5-8-11(9-6-2)13(16)15-12(14(17)18)10(4)7-3/h5-6,10-12H,1-2,7-9H2,3-4H3,(H,15,16)(H,17,18)/t10-,12-/m0/s1. The zero-order valence-electron chi connectivity index (χ0n) is 11.2. The van der Waals surface area contributed by atoms with Crippen LogP contribution in [0.4, 0.5) is 0 Å². The van der Waals surface area contributed by atoms with Gasteiger partial charge < -0.3 is 10.4 Å². The predicted octanol–water partition coefficient (Wildman–Crippen LogP) is 2.37. The van der Waals surface area contributed by atoms with Crippen LogP contribution in [0.5, 0.6) is 0 Å². The lowest BCUT2D eigenvalue weighted by molar-refractivity contribution is -0.144. The van der Waals surface area contributed by atoms with Gasteiger partial charge in [0.25, 0.3) is 0 Å². The minimum atomic E-state index is -0.992. The van der Waals surface area contributed by atoms with Gasteiger partial charge in [0.2, 0.25) is 5.91 Å². The first kappa shape index (κ1) is 16.4. The molecule has 0 rings (SSSR count). The van der Waals surface area contributed by atoms with Crippen molar-refractivity contribution < 1.29 is 14.7 Å². The fraction of sp³-hybridized carbons (Fsp3) is 0.571. The molecule has 0 aromatic carbocycles. The normalized spacial score (nSPS) is 13.7. The zero-order valence-corrected chi connectivity index (χ0v) is 11.2. The molecule has 0 bridgehead atoms. The molecule has 4 heteroatoms. The number of hydrogen-bond acceptors (Lipinski definition) is 2. The van der Waals surface area contributed by atoms with Gasteiger partial charge >= 0.3 is 5.97 Å². The van der Waals surface area contributed by atoms with Crippen LogP contribution in [0.3, 0.4) is 0 Å². The molecule has 0 spiro atoms. The van der Waals surface area contributed by atoms with Gasteiger partial charge in [0.05, 0.1) is 0 Å². The van der Waals surface area contributed by atoms with Crippen LogP contribution in [-0.2, 0) is 9.59 Å². The number of nitrogens with one attached hydrogen (secondary N) is 1. The van der Waals surface area contributed by atoms with Crippen molar-refractivity contribution >= 4 is 11.9 Å². The van der Waals surface area contributed by atoms with Crippen LogP contribution < -0.4 is 5.32 Å². The van der Waals surface area contributed by atoms with E-state index in [4.69, 9.17) is 5.11 Å². The van der Waals surface area contributed by atoms with Crippen molar-refractivity contribution in [1.29, 1.82) is 0 Å². The predicted molar refractivity (Wildman–Crippen MR) is 72.1 cm³/mol. The van der Waals surface area contributed by atoms with Crippen molar-refractivity contribution in [2.24, 2.45) is 11.8 Å². The summed E-state index contributed by atoms with van der Waals surface area (Å²) in [5.41, 5.74) is 0. The second-order valence-electron chi connectivity index (χ2n) is 4.46. The Kier molecular flexibility index (Phi) is 7.76. The molecule has 0 aliphatic heterocycles. The largest absolute Gasteiger partial charge is 0.480 e. The van der Waals surface area contributed by atoms with E-state index >= 15 is 0 Å². The second-order valence-corrected chi connectivity index (χ2v) is 4.46. The summed E-state index contributed by atoms with van der Waals surface area (Å²) < 4.78 is 0. The van der Waals surface area contributed by atoms with Gasteiger partial charge in [0.1, 0.15) is 6.04 Å². The van der Waals surface area contributed by atoms with Gasteiger partial charge in [-0.15, -0.1) is 13.2 Å². The van der Waals surface area contributed by atoms with Crippen LogP contribution in [-0.4, -0.2) is 23.0 Å². The third-order valence-corrected chi connectivity index (χ3v) is 3.05. The highest BCUT2D eigenvalue weighted by Gasteiger charge is 2.27. The Hall–Kier alpha value is -1.58. The summed E-state index contributed by atoms with van der Waals surface area (Å²) in [5, 5.41) is 11.7. The van der Waals surface area contributed by atoms with Crippen LogP contribution in [0.2, 0.25) is 0 Å². The summed E-state index contributed by atoms with van der Waals surface area (Å²) in [6, 6.07) is -0.834. The minimum Gasteiger partial charge on any atom is -0.480 e. The smallest absolute Gasteiger partial charge is 0.326 e. The maximum absolute atomic E-state index is 12.0. The molecule has 0 unspecified atom stereocenters. The van der Waals surface area contributed by atoms with Crippen molar-refractivity contribution in [1.82, 2.24) is 5.32 Å². The highest BCUT2D eigenvalue weighted by atomic mass is 16.4. The number of carboxylic acids is 1. The first-order valence-electron chi connectivity index (χ1n) is 6.22. The molecule has 0 aromatic heterocycles. The fourth-order valence-corrected chi connectivity index (χ4v) is 1.67. The zero-order chi connectivity index (χ0) is 14.1. The van der Waals surface area contributed by atoms with E-state index in [1.54, 1.807) is 12.2 Å². The fourth-order valence-electron chi connectivity index (χ4n) is 1.67. The molecular formula is C14H23NO3. The van der Waals surface area contributed by atoms with E-state index in [0.29, 0.717) is 19.3 Å². The Morgan fingerprint density at radius 3 is 2.11 bits per heavy atom. The Labute approximate surface area is 109 Å². The van der Waals surface area contributed by atoms with Gasteiger partial charge in [-0.3, -0.25) is 4.79 Å². The van der Waals surface area contributed by atoms with Crippen molar-refractivity contribution in [2.45, 2.75) is 39.2 Å². The number of allylic oxidation sites excluding steroid dienone is 2. The second kappa shape index (κ2) is 8.50. The SMILES string of the molecule is C=CCC(CC=C)C(=O)N[C@H](C(=O)O)[C@@H](C)CC. The third-order valence-electron chi connectivity index (χ3n) is 3.05. The van der Waals surface area contributed by atoms with Crippen molar-refractivity contribution in [3.63, 3.8) is 0 Å². The van der Waals surface area contributed by atoms with Gasteiger partial charge in [-0.05, 0) is 18.8 Å². The number of rotatable bonds is 9. The summed E-state index contributed by atoms with van der Waals surface area (Å²) in [6.45, 7) is 10.9. The molecule has 0 saturated heterocycles. The number of hydrogen-bond donors (Lipinski definition) is 2. The molecule has 0 saturated carbocycles. The molecule has 2 atom stereocenters. The van der Waals surface area contributed by atoms with Crippen LogP contribution >= 0.6 is 0 Å². The summed E-state index contributed by atoms with van der Waals surface area (Å²) in [5.74, 6) is -1.62. The summed E-state index contributed by atoms with van der Waals surface area (Å²) in [6.07, 6.45) is 5.06. The van der Waals surface area contributed by atoms with E-state index in [1.165, 1.54) is 0 Å². The van der Waals surface area contributed by atoms with Crippen LogP contribution in [0.25, 0.3) is 0 Å². The molecule has 1 amide bonds. The van der Waals surface area contributed by atoms with E-state index in [2.05, 4.69) is 18.5 Å². The minimum absolute atomic E-state index is 0.0976. The molecule has 0 fully saturated rings. The van der Waals surface area contributed by atoms with Gasteiger partial charge in [-0.2, -0.15) is 0 Å². The van der Waals surface area contributed by atoms with E-state index in [1.807, 2.05) is 13.8 Å². The summed E-state index contributed by atoms with van der Waals surface area (Å²) in [7, 11) is 0. The average molecular weight is 253 g/mol. The van der Waals surface area contributed by atoms with Gasteiger partial charge in [-0.1, -0.05) is 32.4 Å². The monoisotopic (exact) mass is 253 g/mol. The van der Waals surface area contributed by atoms with E-state index < -0.39 is 12.0 Å². The van der Waals surface area contributed by atoms with E-state index in [-0.39, 0.29) is 17.7 Å². The lowest BCUT2D eigenvalue weighted by atomic mass is 9.96. The highest BCUT2D eigenvalue weighted by Crippen LogP contribution is 2.13. The quantitative estimate of drug-likeness (QED) is 0.620. The number of carbonyl (C=O) groups is 2. The molecule has 0 aliphatic rings. The first-order chi connectivity index (χ1) is 8.47.